The van der Waals surface area contributed by atoms with Gasteiger partial charge in [0.1, 0.15) is 0 Å². The Labute approximate surface area is 125 Å². The van der Waals surface area contributed by atoms with Crippen LogP contribution in [0.3, 0.4) is 0 Å². The first-order valence-electron chi connectivity index (χ1n) is 5.89. The molecule has 2 rings (SSSR count). The summed E-state index contributed by atoms with van der Waals surface area (Å²) in [6.45, 7) is 0.755. The van der Waals surface area contributed by atoms with E-state index in [1.165, 1.54) is 0 Å². The van der Waals surface area contributed by atoms with Gasteiger partial charge in [0.25, 0.3) is 0 Å². The monoisotopic (exact) mass is 332 g/mol. The van der Waals surface area contributed by atoms with E-state index in [1.807, 2.05) is 60.7 Å². The standard InChI is InChI=1S/2C7H7O.2ClH.Ti/c2*8-6-7-4-2-1-3-5-7;;;/h2*1-5H,6H2;2*1H;/q2*-1;;;+4/p-2. The summed E-state index contributed by atoms with van der Waals surface area (Å²) in [5, 5.41) is 0. The molecule has 2 nitrogen and oxygen atoms in total. The Morgan fingerprint density at radius 1 is 0.684 bits per heavy atom. The number of hydrogen-bond acceptors (Lipinski definition) is 2. The average molecular weight is 333 g/mol. The van der Waals surface area contributed by atoms with E-state index in [9.17, 15) is 0 Å². The van der Waals surface area contributed by atoms with Gasteiger partial charge in [0.15, 0.2) is 0 Å². The van der Waals surface area contributed by atoms with Crippen LogP contribution in [0.1, 0.15) is 11.1 Å². The fourth-order valence-corrected chi connectivity index (χ4v) is 3.60. The average Bonchev–Trinajstić information content (AvgIpc) is 2.46. The van der Waals surface area contributed by atoms with Crippen LogP contribution in [-0.2, 0) is 35.1 Å². The Hall–Kier alpha value is -0.346. The van der Waals surface area contributed by atoms with Crippen molar-refractivity contribution in [3.8, 4) is 0 Å². The molecular formula is C14H14Cl2O2Ti. The van der Waals surface area contributed by atoms with E-state index >= 15 is 0 Å². The van der Waals surface area contributed by atoms with E-state index in [2.05, 4.69) is 0 Å². The summed E-state index contributed by atoms with van der Waals surface area (Å²) >= 11 is -3.64. The van der Waals surface area contributed by atoms with E-state index in [0.29, 0.717) is 13.2 Å². The number of benzene rings is 2. The van der Waals surface area contributed by atoms with Crippen LogP contribution < -0.4 is 0 Å². The van der Waals surface area contributed by atoms with E-state index in [-0.39, 0.29) is 0 Å². The van der Waals surface area contributed by atoms with Crippen molar-refractivity contribution in [2.45, 2.75) is 13.2 Å². The van der Waals surface area contributed by atoms with Crippen molar-refractivity contribution in [1.29, 1.82) is 0 Å². The fourth-order valence-electron chi connectivity index (χ4n) is 1.52. The zero-order valence-corrected chi connectivity index (χ0v) is 13.3. The van der Waals surface area contributed by atoms with Gasteiger partial charge in [0.05, 0.1) is 0 Å². The molecule has 0 spiro atoms. The fraction of sp³-hybridized carbons (Fsp3) is 0.143. The molecule has 0 aliphatic rings. The van der Waals surface area contributed by atoms with Gasteiger partial charge in [-0.25, -0.2) is 0 Å². The molecule has 2 aromatic carbocycles. The quantitative estimate of drug-likeness (QED) is 0.713. The second kappa shape index (κ2) is 7.44. The summed E-state index contributed by atoms with van der Waals surface area (Å²) in [4.78, 5) is 0. The van der Waals surface area contributed by atoms with Crippen LogP contribution in [-0.4, -0.2) is 0 Å². The SMILES string of the molecule is [Cl][Ti]([Cl])([O]Cc1ccccc1)[O]Cc1ccccc1. The van der Waals surface area contributed by atoms with Crippen LogP contribution in [0.15, 0.2) is 60.7 Å². The van der Waals surface area contributed by atoms with Gasteiger partial charge < -0.3 is 0 Å². The summed E-state index contributed by atoms with van der Waals surface area (Å²) < 4.78 is 11.1. The van der Waals surface area contributed by atoms with Crippen LogP contribution in [0.4, 0.5) is 0 Å². The van der Waals surface area contributed by atoms with Gasteiger partial charge in [-0.2, -0.15) is 0 Å². The van der Waals surface area contributed by atoms with Gasteiger partial charge in [0.2, 0.25) is 0 Å². The first kappa shape index (κ1) is 15.1. The number of hydrogen-bond donors (Lipinski definition) is 0. The maximum absolute atomic E-state index is 6.14. The van der Waals surface area contributed by atoms with E-state index in [1.54, 1.807) is 0 Å². The van der Waals surface area contributed by atoms with Crippen LogP contribution >= 0.6 is 18.6 Å². The molecule has 0 heterocycles. The normalized spacial score (nSPS) is 11.5. The molecule has 0 atom stereocenters. The van der Waals surface area contributed by atoms with Crippen molar-refractivity contribution in [2.75, 3.05) is 0 Å². The van der Waals surface area contributed by atoms with Crippen molar-refractivity contribution in [1.82, 2.24) is 0 Å². The molecular weight excluding hydrogens is 319 g/mol. The molecule has 0 radical (unpaired) electrons. The van der Waals surface area contributed by atoms with E-state index < -0.39 is 15.2 Å². The third kappa shape index (κ3) is 5.66. The van der Waals surface area contributed by atoms with Crippen molar-refractivity contribution in [2.24, 2.45) is 0 Å². The minimum atomic E-state index is -3.64. The Morgan fingerprint density at radius 2 is 1.05 bits per heavy atom. The van der Waals surface area contributed by atoms with Gasteiger partial charge >= 0.3 is 125 Å². The molecule has 0 saturated heterocycles. The number of rotatable bonds is 6. The van der Waals surface area contributed by atoms with Crippen molar-refractivity contribution in [3.05, 3.63) is 71.8 Å². The van der Waals surface area contributed by atoms with E-state index in [4.69, 9.17) is 25.2 Å². The molecule has 19 heavy (non-hydrogen) atoms. The maximum atomic E-state index is 6.14. The summed E-state index contributed by atoms with van der Waals surface area (Å²) in [5.74, 6) is 0. The third-order valence-corrected chi connectivity index (χ3v) is 5.80. The molecule has 5 heteroatoms. The predicted octanol–water partition coefficient (Wildman–Crippen LogP) is 4.71. The molecule has 0 amide bonds. The van der Waals surface area contributed by atoms with Crippen molar-refractivity contribution >= 4 is 18.6 Å². The summed E-state index contributed by atoms with van der Waals surface area (Å²) in [6, 6.07) is 19.5. The summed E-state index contributed by atoms with van der Waals surface area (Å²) in [7, 11) is 12.3. The summed E-state index contributed by atoms with van der Waals surface area (Å²) in [5.41, 5.74) is 2.06. The minimum absolute atomic E-state index is 0.378. The molecule has 0 aliphatic heterocycles. The Kier molecular flexibility index (Phi) is 5.89. The second-order valence-electron chi connectivity index (χ2n) is 4.01. The first-order valence-corrected chi connectivity index (χ1v) is 11.5. The molecule has 2 aromatic rings. The van der Waals surface area contributed by atoms with Gasteiger partial charge in [-0.1, -0.05) is 0 Å². The van der Waals surface area contributed by atoms with Gasteiger partial charge in [-0.05, 0) is 0 Å². The molecule has 0 bridgehead atoms. The van der Waals surface area contributed by atoms with Crippen molar-refractivity contribution < 1.29 is 21.9 Å². The molecule has 0 saturated carbocycles. The molecule has 0 fully saturated rings. The first-order chi connectivity index (χ1) is 9.16. The van der Waals surface area contributed by atoms with Crippen LogP contribution in [0.25, 0.3) is 0 Å². The van der Waals surface area contributed by atoms with Gasteiger partial charge in [-0.3, -0.25) is 0 Å². The van der Waals surface area contributed by atoms with Crippen LogP contribution in [0.5, 0.6) is 0 Å². The van der Waals surface area contributed by atoms with Crippen molar-refractivity contribution in [3.63, 3.8) is 0 Å². The topological polar surface area (TPSA) is 18.5 Å². The molecule has 0 aromatic heterocycles. The predicted molar refractivity (Wildman–Crippen MR) is 74.2 cm³/mol. The Morgan fingerprint density at radius 3 is 1.42 bits per heavy atom. The molecule has 0 N–H and O–H groups in total. The zero-order chi connectivity index (χ0) is 13.6. The van der Waals surface area contributed by atoms with E-state index in [0.717, 1.165) is 11.1 Å². The molecule has 0 unspecified atom stereocenters. The molecule has 100 valence electrons. The van der Waals surface area contributed by atoms with Gasteiger partial charge in [-0.15, -0.1) is 0 Å². The Balaban J connectivity index is 1.82. The van der Waals surface area contributed by atoms with Crippen LogP contribution in [0, 0.1) is 0 Å². The van der Waals surface area contributed by atoms with Gasteiger partial charge in [0, 0.05) is 0 Å². The zero-order valence-electron chi connectivity index (χ0n) is 10.3. The van der Waals surface area contributed by atoms with Crippen LogP contribution in [0.2, 0.25) is 0 Å². The third-order valence-electron chi connectivity index (χ3n) is 2.50. The second-order valence-corrected chi connectivity index (χ2v) is 11.3. The summed E-state index contributed by atoms with van der Waals surface area (Å²) in [6.07, 6.45) is 0. The number of halogens is 2. The molecule has 0 aliphatic carbocycles. The Bertz CT molecular complexity index is 446.